The molecule has 0 aliphatic carbocycles. The number of hydrogen-bond donors (Lipinski definition) is 2. The summed E-state index contributed by atoms with van der Waals surface area (Å²) >= 11 is 0. The number of alkyl halides is 3. The largest absolute Gasteiger partial charge is 0.493 e. The average molecular weight is 403 g/mol. The first-order chi connectivity index (χ1) is 13.2. The third kappa shape index (κ3) is 4.96. The highest BCUT2D eigenvalue weighted by Gasteiger charge is 2.37. The summed E-state index contributed by atoms with van der Waals surface area (Å²) in [6, 6.07) is 4.59. The standard InChI is InChI=1S/C16H20F3N5O4/c1-23-13(16(17,18)19)22-24(15(23)26)7-6-20-14(25)21-9-10-4-5-11(27-2)12(8-10)28-3/h4-5,8H,6-7,9H2,1-3H3,(H2,20,21,25). The monoisotopic (exact) mass is 403 g/mol. The van der Waals surface area contributed by atoms with Crippen LogP contribution in [0, 0.1) is 0 Å². The summed E-state index contributed by atoms with van der Waals surface area (Å²) in [6.07, 6.45) is -4.73. The average Bonchev–Trinajstić information content (AvgIpc) is 2.94. The van der Waals surface area contributed by atoms with E-state index in [1.165, 1.54) is 14.2 Å². The van der Waals surface area contributed by atoms with Crippen LogP contribution < -0.4 is 25.8 Å². The van der Waals surface area contributed by atoms with Gasteiger partial charge in [-0.2, -0.15) is 13.2 Å². The Bertz CT molecular complexity index is 891. The molecule has 0 bridgehead atoms. The summed E-state index contributed by atoms with van der Waals surface area (Å²) in [7, 11) is 3.98. The summed E-state index contributed by atoms with van der Waals surface area (Å²) in [5.41, 5.74) is -0.163. The van der Waals surface area contributed by atoms with Gasteiger partial charge in [0, 0.05) is 20.1 Å². The van der Waals surface area contributed by atoms with E-state index in [2.05, 4.69) is 15.7 Å². The van der Waals surface area contributed by atoms with Crippen LogP contribution in [0.3, 0.4) is 0 Å². The topological polar surface area (TPSA) is 99.4 Å². The highest BCUT2D eigenvalue weighted by atomic mass is 19.4. The summed E-state index contributed by atoms with van der Waals surface area (Å²) in [6.45, 7) is -0.0908. The number of amides is 2. The Morgan fingerprint density at radius 2 is 1.86 bits per heavy atom. The van der Waals surface area contributed by atoms with Gasteiger partial charge in [0.05, 0.1) is 20.8 Å². The van der Waals surface area contributed by atoms with Crippen molar-refractivity contribution in [2.75, 3.05) is 20.8 Å². The van der Waals surface area contributed by atoms with Crippen molar-refractivity contribution in [3.8, 4) is 11.5 Å². The normalized spacial score (nSPS) is 11.2. The number of benzene rings is 1. The molecule has 0 aliphatic rings. The Morgan fingerprint density at radius 1 is 1.18 bits per heavy atom. The molecule has 1 aromatic carbocycles. The lowest BCUT2D eigenvalue weighted by molar-refractivity contribution is -0.147. The molecule has 2 rings (SSSR count). The zero-order valence-electron chi connectivity index (χ0n) is 15.5. The maximum atomic E-state index is 12.7. The first-order valence-electron chi connectivity index (χ1n) is 8.11. The minimum absolute atomic E-state index is 0.0774. The van der Waals surface area contributed by atoms with Gasteiger partial charge in [0.25, 0.3) is 0 Å². The number of aromatic nitrogens is 3. The van der Waals surface area contributed by atoms with Crippen LogP contribution in [0.4, 0.5) is 18.0 Å². The molecule has 0 unspecified atom stereocenters. The maximum absolute atomic E-state index is 12.7. The van der Waals surface area contributed by atoms with Gasteiger partial charge in [0.2, 0.25) is 5.82 Å². The van der Waals surface area contributed by atoms with Crippen molar-refractivity contribution < 1.29 is 27.4 Å². The van der Waals surface area contributed by atoms with Crippen LogP contribution in [0.2, 0.25) is 0 Å². The van der Waals surface area contributed by atoms with Crippen molar-refractivity contribution in [2.45, 2.75) is 19.3 Å². The molecule has 0 spiro atoms. The fraction of sp³-hybridized carbons (Fsp3) is 0.438. The van der Waals surface area contributed by atoms with E-state index in [1.54, 1.807) is 18.2 Å². The van der Waals surface area contributed by atoms with E-state index in [1.807, 2.05) is 0 Å². The second-order valence-corrected chi connectivity index (χ2v) is 5.68. The molecule has 1 heterocycles. The highest BCUT2D eigenvalue weighted by molar-refractivity contribution is 5.73. The van der Waals surface area contributed by atoms with Crippen molar-refractivity contribution in [1.82, 2.24) is 25.0 Å². The Labute approximate surface area is 158 Å². The van der Waals surface area contributed by atoms with Crippen LogP contribution in [-0.2, 0) is 26.3 Å². The summed E-state index contributed by atoms with van der Waals surface area (Å²) in [5.74, 6) is -0.234. The number of nitrogens with one attached hydrogen (secondary N) is 2. The first kappa shape index (κ1) is 21.1. The second-order valence-electron chi connectivity index (χ2n) is 5.68. The van der Waals surface area contributed by atoms with Gasteiger partial charge < -0.3 is 20.1 Å². The van der Waals surface area contributed by atoms with Gasteiger partial charge in [-0.1, -0.05) is 6.07 Å². The molecular formula is C16H20F3N5O4. The molecule has 1 aromatic heterocycles. The van der Waals surface area contributed by atoms with Gasteiger partial charge >= 0.3 is 17.9 Å². The third-order valence-corrected chi connectivity index (χ3v) is 3.80. The van der Waals surface area contributed by atoms with Crippen molar-refractivity contribution in [3.05, 3.63) is 40.1 Å². The summed E-state index contributed by atoms with van der Waals surface area (Å²) < 4.78 is 49.5. The molecule has 0 radical (unpaired) electrons. The van der Waals surface area contributed by atoms with Gasteiger partial charge in [-0.25, -0.2) is 14.3 Å². The molecule has 9 nitrogen and oxygen atoms in total. The van der Waals surface area contributed by atoms with Crippen LogP contribution >= 0.6 is 0 Å². The van der Waals surface area contributed by atoms with E-state index in [9.17, 15) is 22.8 Å². The second kappa shape index (κ2) is 8.67. The number of nitrogens with zero attached hydrogens (tertiary/aromatic N) is 3. The number of urea groups is 1. The Morgan fingerprint density at radius 3 is 2.43 bits per heavy atom. The Kier molecular flexibility index (Phi) is 6.54. The van der Waals surface area contributed by atoms with E-state index in [0.717, 1.165) is 12.6 Å². The number of methoxy groups -OCH3 is 2. The number of rotatable bonds is 7. The zero-order valence-corrected chi connectivity index (χ0v) is 15.5. The molecule has 0 atom stereocenters. The number of carbonyl (C=O) groups is 1. The maximum Gasteiger partial charge on any atom is 0.451 e. The number of hydrogen-bond acceptors (Lipinski definition) is 5. The molecule has 0 saturated heterocycles. The predicted molar refractivity (Wildman–Crippen MR) is 92.3 cm³/mol. The number of ether oxygens (including phenoxy) is 2. The molecule has 2 N–H and O–H groups in total. The smallest absolute Gasteiger partial charge is 0.451 e. The quantitative estimate of drug-likeness (QED) is 0.722. The van der Waals surface area contributed by atoms with Gasteiger partial charge in [0.15, 0.2) is 11.5 Å². The van der Waals surface area contributed by atoms with Gasteiger partial charge in [-0.3, -0.25) is 4.57 Å². The molecule has 154 valence electrons. The van der Waals surface area contributed by atoms with Gasteiger partial charge in [-0.15, -0.1) is 5.10 Å². The van der Waals surface area contributed by atoms with E-state index in [-0.39, 0.29) is 19.6 Å². The Hall–Kier alpha value is -3.18. The van der Waals surface area contributed by atoms with Gasteiger partial charge in [0.1, 0.15) is 0 Å². The molecule has 0 aliphatic heterocycles. The third-order valence-electron chi connectivity index (χ3n) is 3.80. The molecule has 12 heteroatoms. The van der Waals surface area contributed by atoms with Crippen molar-refractivity contribution in [2.24, 2.45) is 7.05 Å². The van der Waals surface area contributed by atoms with Crippen LogP contribution in [0.1, 0.15) is 11.4 Å². The molecule has 28 heavy (non-hydrogen) atoms. The zero-order chi connectivity index (χ0) is 20.9. The van der Waals surface area contributed by atoms with Gasteiger partial charge in [-0.05, 0) is 17.7 Å². The van der Waals surface area contributed by atoms with Crippen LogP contribution in [0.15, 0.2) is 23.0 Å². The SMILES string of the molecule is COc1ccc(CNC(=O)NCCn2nc(C(F)(F)F)n(C)c2=O)cc1OC. The molecule has 0 fully saturated rings. The van der Waals surface area contributed by atoms with Crippen molar-refractivity contribution >= 4 is 6.03 Å². The lowest BCUT2D eigenvalue weighted by Crippen LogP contribution is -2.38. The minimum Gasteiger partial charge on any atom is -0.493 e. The molecular weight excluding hydrogens is 383 g/mol. The lowest BCUT2D eigenvalue weighted by atomic mass is 10.2. The fourth-order valence-electron chi connectivity index (χ4n) is 2.39. The van der Waals surface area contributed by atoms with E-state index in [4.69, 9.17) is 9.47 Å². The van der Waals surface area contributed by atoms with Crippen LogP contribution in [0.25, 0.3) is 0 Å². The molecule has 2 amide bonds. The molecule has 2 aromatic rings. The van der Waals surface area contributed by atoms with Crippen molar-refractivity contribution in [1.29, 1.82) is 0 Å². The van der Waals surface area contributed by atoms with Crippen molar-refractivity contribution in [3.63, 3.8) is 0 Å². The van der Waals surface area contributed by atoms with Crippen LogP contribution in [-0.4, -0.2) is 41.1 Å². The number of halogens is 3. The predicted octanol–water partition coefficient (Wildman–Crippen LogP) is 1.12. The Balaban J connectivity index is 1.86. The fourth-order valence-corrected chi connectivity index (χ4v) is 2.39. The van der Waals surface area contributed by atoms with E-state index < -0.39 is 23.7 Å². The first-order valence-corrected chi connectivity index (χ1v) is 8.11. The highest BCUT2D eigenvalue weighted by Crippen LogP contribution is 2.27. The van der Waals surface area contributed by atoms with E-state index >= 15 is 0 Å². The lowest BCUT2D eigenvalue weighted by Gasteiger charge is -2.11. The summed E-state index contributed by atoms with van der Waals surface area (Å²) in [5, 5.41) is 8.29. The number of carbonyl (C=O) groups excluding carboxylic acids is 1. The van der Waals surface area contributed by atoms with E-state index in [0.29, 0.717) is 20.7 Å². The van der Waals surface area contributed by atoms with Crippen LogP contribution in [0.5, 0.6) is 11.5 Å². The molecule has 0 saturated carbocycles. The minimum atomic E-state index is -4.73. The summed E-state index contributed by atoms with van der Waals surface area (Å²) in [4.78, 5) is 23.6.